The van der Waals surface area contributed by atoms with Crippen molar-refractivity contribution < 1.29 is 9.59 Å². The van der Waals surface area contributed by atoms with E-state index in [1.54, 1.807) is 0 Å². The predicted octanol–water partition coefficient (Wildman–Crippen LogP) is 3.82. The molecule has 1 unspecified atom stereocenters. The molecule has 0 radical (unpaired) electrons. The molecule has 3 amide bonds. The van der Waals surface area contributed by atoms with Crippen LogP contribution in [0.2, 0.25) is 0 Å². The molecule has 0 saturated carbocycles. The van der Waals surface area contributed by atoms with Crippen LogP contribution in [0.1, 0.15) is 43.0 Å². The number of urea groups is 1. The molecule has 3 rings (SSSR count). The van der Waals surface area contributed by atoms with E-state index in [4.69, 9.17) is 0 Å². The lowest BCUT2D eigenvalue weighted by molar-refractivity contribution is -0.115. The number of nitrogens with one attached hydrogen (secondary N) is 2. The minimum atomic E-state index is -0.105. The van der Waals surface area contributed by atoms with Crippen molar-refractivity contribution in [2.45, 2.75) is 39.4 Å². The predicted molar refractivity (Wildman–Crippen MR) is 98.0 cm³/mol. The van der Waals surface area contributed by atoms with Crippen LogP contribution in [0.4, 0.5) is 10.5 Å². The fraction of sp³-hybridized carbons (Fsp3) is 0.300. The summed E-state index contributed by atoms with van der Waals surface area (Å²) in [5, 5.41) is 5.86. The lowest BCUT2D eigenvalue weighted by atomic mass is 10.1. The maximum absolute atomic E-state index is 12.5. The number of benzene rings is 2. The van der Waals surface area contributed by atoms with Gasteiger partial charge in [0.25, 0.3) is 0 Å². The Labute approximate surface area is 148 Å². The molecule has 0 spiro atoms. The van der Waals surface area contributed by atoms with Gasteiger partial charge in [-0.05, 0) is 35.7 Å². The Morgan fingerprint density at radius 3 is 2.20 bits per heavy atom. The van der Waals surface area contributed by atoms with E-state index < -0.39 is 0 Å². The van der Waals surface area contributed by atoms with Gasteiger partial charge >= 0.3 is 6.03 Å². The standard InChI is InChI=1S/C20H23N3O2/c1-3-19(24)22-18-10-8-15(9-11-18)14(2)21-20(25)23-12-16-6-4-5-7-17(16)13-23/h4-11,14H,3,12-13H2,1-2H3,(H,21,25)(H,22,24). The monoisotopic (exact) mass is 337 g/mol. The summed E-state index contributed by atoms with van der Waals surface area (Å²) < 4.78 is 0. The van der Waals surface area contributed by atoms with Crippen molar-refractivity contribution in [1.29, 1.82) is 0 Å². The van der Waals surface area contributed by atoms with E-state index in [1.165, 1.54) is 11.1 Å². The Balaban J connectivity index is 1.58. The molecule has 1 heterocycles. The van der Waals surface area contributed by atoms with E-state index >= 15 is 0 Å². The molecule has 5 nitrogen and oxygen atoms in total. The zero-order valence-electron chi connectivity index (χ0n) is 14.6. The largest absolute Gasteiger partial charge is 0.331 e. The van der Waals surface area contributed by atoms with Crippen molar-refractivity contribution in [3.8, 4) is 0 Å². The highest BCUT2D eigenvalue weighted by Crippen LogP contribution is 2.23. The van der Waals surface area contributed by atoms with Crippen molar-refractivity contribution in [3.05, 3.63) is 65.2 Å². The van der Waals surface area contributed by atoms with Gasteiger partial charge in [-0.2, -0.15) is 0 Å². The van der Waals surface area contributed by atoms with Gasteiger partial charge in [-0.15, -0.1) is 0 Å². The summed E-state index contributed by atoms with van der Waals surface area (Å²) in [6, 6.07) is 15.5. The van der Waals surface area contributed by atoms with E-state index in [2.05, 4.69) is 22.8 Å². The van der Waals surface area contributed by atoms with E-state index in [0.717, 1.165) is 11.3 Å². The lowest BCUT2D eigenvalue weighted by Crippen LogP contribution is -2.37. The zero-order valence-corrected chi connectivity index (χ0v) is 14.6. The van der Waals surface area contributed by atoms with Crippen LogP contribution >= 0.6 is 0 Å². The molecule has 2 aromatic rings. The summed E-state index contributed by atoms with van der Waals surface area (Å²) in [6.07, 6.45) is 0.451. The SMILES string of the molecule is CCC(=O)Nc1ccc(C(C)NC(=O)N2Cc3ccccc3C2)cc1. The van der Waals surface area contributed by atoms with Gasteiger partial charge in [-0.25, -0.2) is 4.79 Å². The number of rotatable bonds is 4. The van der Waals surface area contributed by atoms with Crippen LogP contribution in [0.3, 0.4) is 0 Å². The zero-order chi connectivity index (χ0) is 17.8. The first-order valence-corrected chi connectivity index (χ1v) is 8.59. The van der Waals surface area contributed by atoms with E-state index in [0.29, 0.717) is 19.5 Å². The van der Waals surface area contributed by atoms with Crippen LogP contribution in [0, 0.1) is 0 Å². The molecule has 0 fully saturated rings. The highest BCUT2D eigenvalue weighted by Gasteiger charge is 2.23. The Morgan fingerprint density at radius 1 is 1.04 bits per heavy atom. The third-order valence-corrected chi connectivity index (χ3v) is 4.48. The van der Waals surface area contributed by atoms with E-state index in [9.17, 15) is 9.59 Å². The average Bonchev–Trinajstić information content (AvgIpc) is 3.06. The van der Waals surface area contributed by atoms with Gasteiger partial charge in [0.15, 0.2) is 0 Å². The maximum Gasteiger partial charge on any atom is 0.318 e. The third kappa shape index (κ3) is 3.99. The van der Waals surface area contributed by atoms with Gasteiger partial charge in [0.1, 0.15) is 0 Å². The average molecular weight is 337 g/mol. The second-order valence-electron chi connectivity index (χ2n) is 6.32. The first-order chi connectivity index (χ1) is 12.1. The summed E-state index contributed by atoms with van der Waals surface area (Å²) in [4.78, 5) is 25.7. The molecule has 2 aromatic carbocycles. The van der Waals surface area contributed by atoms with E-state index in [1.807, 2.05) is 55.1 Å². The van der Waals surface area contributed by atoms with Crippen molar-refractivity contribution in [3.63, 3.8) is 0 Å². The molecule has 1 aliphatic rings. The van der Waals surface area contributed by atoms with Crippen molar-refractivity contribution >= 4 is 17.6 Å². The Morgan fingerprint density at radius 2 is 1.64 bits per heavy atom. The van der Waals surface area contributed by atoms with Crippen molar-refractivity contribution in [1.82, 2.24) is 10.2 Å². The quantitative estimate of drug-likeness (QED) is 0.891. The number of amides is 3. The number of hydrogen-bond acceptors (Lipinski definition) is 2. The highest BCUT2D eigenvalue weighted by atomic mass is 16.2. The van der Waals surface area contributed by atoms with Gasteiger partial charge in [-0.3, -0.25) is 4.79 Å². The summed E-state index contributed by atoms with van der Waals surface area (Å²) in [7, 11) is 0. The second-order valence-corrected chi connectivity index (χ2v) is 6.32. The number of anilines is 1. The Kier molecular flexibility index (Phi) is 5.03. The highest BCUT2D eigenvalue weighted by molar-refractivity contribution is 5.90. The molecule has 1 aliphatic heterocycles. The topological polar surface area (TPSA) is 61.4 Å². The van der Waals surface area contributed by atoms with Crippen LogP contribution in [0.25, 0.3) is 0 Å². The van der Waals surface area contributed by atoms with Crippen molar-refractivity contribution in [2.75, 3.05) is 5.32 Å². The van der Waals surface area contributed by atoms with Gasteiger partial charge in [-0.1, -0.05) is 43.3 Å². The first-order valence-electron chi connectivity index (χ1n) is 8.59. The van der Waals surface area contributed by atoms with Gasteiger partial charge in [0, 0.05) is 25.2 Å². The third-order valence-electron chi connectivity index (χ3n) is 4.48. The Bertz CT molecular complexity index is 746. The smallest absolute Gasteiger partial charge is 0.318 e. The minimum Gasteiger partial charge on any atom is -0.331 e. The molecular formula is C20H23N3O2. The van der Waals surface area contributed by atoms with Gasteiger partial charge in [0.05, 0.1) is 6.04 Å². The molecule has 0 saturated heterocycles. The number of nitrogens with zero attached hydrogens (tertiary/aromatic N) is 1. The van der Waals surface area contributed by atoms with Gasteiger partial charge < -0.3 is 15.5 Å². The molecule has 25 heavy (non-hydrogen) atoms. The molecule has 0 aliphatic carbocycles. The fourth-order valence-electron chi connectivity index (χ4n) is 2.94. The summed E-state index contributed by atoms with van der Waals surface area (Å²) >= 11 is 0. The van der Waals surface area contributed by atoms with E-state index in [-0.39, 0.29) is 18.0 Å². The van der Waals surface area contributed by atoms with Crippen LogP contribution < -0.4 is 10.6 Å². The first kappa shape index (κ1) is 17.0. The van der Waals surface area contributed by atoms with Crippen LogP contribution in [-0.4, -0.2) is 16.8 Å². The van der Waals surface area contributed by atoms with Crippen molar-refractivity contribution in [2.24, 2.45) is 0 Å². The molecule has 5 heteroatoms. The lowest BCUT2D eigenvalue weighted by Gasteiger charge is -2.21. The number of carbonyl (C=O) groups excluding carboxylic acids is 2. The molecule has 0 bridgehead atoms. The minimum absolute atomic E-state index is 0.0114. The molecule has 2 N–H and O–H groups in total. The summed E-state index contributed by atoms with van der Waals surface area (Å²) in [6.45, 7) is 5.08. The number of hydrogen-bond donors (Lipinski definition) is 2. The molecule has 0 aromatic heterocycles. The molecule has 130 valence electrons. The number of fused-ring (bicyclic) bond motifs is 1. The summed E-state index contributed by atoms with van der Waals surface area (Å²) in [5.41, 5.74) is 4.19. The van der Waals surface area contributed by atoms with Crippen LogP contribution in [0.15, 0.2) is 48.5 Å². The molecular weight excluding hydrogens is 314 g/mol. The number of carbonyl (C=O) groups is 2. The molecule has 1 atom stereocenters. The maximum atomic E-state index is 12.5. The summed E-state index contributed by atoms with van der Waals surface area (Å²) in [5.74, 6) is -0.0114. The Hall–Kier alpha value is -2.82. The normalized spacial score (nSPS) is 13.9. The van der Waals surface area contributed by atoms with Gasteiger partial charge in [0.2, 0.25) is 5.91 Å². The van der Waals surface area contributed by atoms with Crippen LogP contribution in [-0.2, 0) is 17.9 Å². The van der Waals surface area contributed by atoms with Crippen LogP contribution in [0.5, 0.6) is 0 Å². The second kappa shape index (κ2) is 7.38. The fourth-order valence-corrected chi connectivity index (χ4v) is 2.94.